The van der Waals surface area contributed by atoms with Crippen LogP contribution in [0.25, 0.3) is 0 Å². The number of carbonyl (C=O) groups is 2. The molecule has 0 unspecified atom stereocenters. The molecule has 7 heteroatoms. The minimum absolute atomic E-state index is 0.111. The van der Waals surface area contributed by atoms with E-state index in [-0.39, 0.29) is 11.8 Å². The van der Waals surface area contributed by atoms with Crippen molar-refractivity contribution < 1.29 is 22.8 Å². The summed E-state index contributed by atoms with van der Waals surface area (Å²) in [6, 6.07) is 8.76. The number of hydrogen-bond donors (Lipinski definition) is 1. The summed E-state index contributed by atoms with van der Waals surface area (Å²) in [5, 5.41) is 2.17. The van der Waals surface area contributed by atoms with Crippen molar-refractivity contribution >= 4 is 23.2 Å². The van der Waals surface area contributed by atoms with Crippen LogP contribution >= 0.6 is 0 Å². The van der Waals surface area contributed by atoms with E-state index in [0.29, 0.717) is 11.8 Å². The Morgan fingerprint density at radius 3 is 2.31 bits per heavy atom. The number of benzene rings is 2. The minimum atomic E-state index is -1.67. The highest BCUT2D eigenvalue weighted by Crippen LogP contribution is 2.27. The second kappa shape index (κ2) is 8.03. The summed E-state index contributed by atoms with van der Waals surface area (Å²) in [6.07, 6.45) is 0. The molecule has 26 heavy (non-hydrogen) atoms. The number of amides is 2. The highest BCUT2D eigenvalue weighted by Gasteiger charge is 2.21. The van der Waals surface area contributed by atoms with E-state index in [1.807, 2.05) is 26.0 Å². The fraction of sp³-hybridized carbons (Fsp3) is 0.263. The van der Waals surface area contributed by atoms with E-state index in [1.54, 1.807) is 12.1 Å². The van der Waals surface area contributed by atoms with Crippen LogP contribution in [0.3, 0.4) is 0 Å². The quantitative estimate of drug-likeness (QED) is 0.808. The average molecular weight is 364 g/mol. The van der Waals surface area contributed by atoms with Gasteiger partial charge in [-0.3, -0.25) is 9.59 Å². The van der Waals surface area contributed by atoms with Crippen molar-refractivity contribution in [1.82, 2.24) is 0 Å². The van der Waals surface area contributed by atoms with Gasteiger partial charge >= 0.3 is 0 Å². The third-order valence-corrected chi connectivity index (χ3v) is 3.84. The zero-order valence-corrected chi connectivity index (χ0v) is 14.6. The standard InChI is InChI=1S/C19H19F3N2O2/c1-11(2)13-6-4-5-7-16(13)24(12(3)25)10-17(26)23-15-9-8-14(20)18(21)19(15)22/h4-9,11H,10H2,1-3H3,(H,23,26). The molecule has 2 aromatic carbocycles. The number of hydrogen-bond acceptors (Lipinski definition) is 2. The Labute approximate surface area is 149 Å². The predicted octanol–water partition coefficient (Wildman–Crippen LogP) is 4.22. The van der Waals surface area contributed by atoms with Gasteiger partial charge in [0.05, 0.1) is 5.69 Å². The number of rotatable bonds is 5. The monoisotopic (exact) mass is 364 g/mol. The Balaban J connectivity index is 2.25. The molecule has 2 amide bonds. The first-order valence-electron chi connectivity index (χ1n) is 8.02. The van der Waals surface area contributed by atoms with Crippen molar-refractivity contribution in [3.63, 3.8) is 0 Å². The van der Waals surface area contributed by atoms with E-state index in [0.717, 1.165) is 11.6 Å². The second-order valence-corrected chi connectivity index (χ2v) is 6.09. The zero-order valence-electron chi connectivity index (χ0n) is 14.6. The van der Waals surface area contributed by atoms with E-state index in [1.165, 1.54) is 11.8 Å². The first-order valence-corrected chi connectivity index (χ1v) is 8.02. The van der Waals surface area contributed by atoms with Crippen LogP contribution in [0.1, 0.15) is 32.3 Å². The predicted molar refractivity (Wildman–Crippen MR) is 93.5 cm³/mol. The third-order valence-electron chi connectivity index (χ3n) is 3.84. The minimum Gasteiger partial charge on any atom is -0.322 e. The fourth-order valence-electron chi connectivity index (χ4n) is 2.54. The molecule has 2 rings (SSSR count). The molecule has 2 aromatic rings. The van der Waals surface area contributed by atoms with Crippen LogP contribution in [0, 0.1) is 17.5 Å². The molecule has 0 aliphatic heterocycles. The Kier molecular flexibility index (Phi) is 6.02. The summed E-state index contributed by atoms with van der Waals surface area (Å²) in [4.78, 5) is 25.5. The number of anilines is 2. The lowest BCUT2D eigenvalue weighted by molar-refractivity contribution is -0.120. The fourth-order valence-corrected chi connectivity index (χ4v) is 2.54. The van der Waals surface area contributed by atoms with E-state index >= 15 is 0 Å². The van der Waals surface area contributed by atoms with Crippen molar-refractivity contribution in [2.45, 2.75) is 26.7 Å². The molecule has 0 spiro atoms. The summed E-state index contributed by atoms with van der Waals surface area (Å²) in [5.74, 6) is -5.51. The van der Waals surface area contributed by atoms with Gasteiger partial charge in [-0.2, -0.15) is 0 Å². The Bertz CT molecular complexity index is 838. The summed E-state index contributed by atoms with van der Waals surface area (Å²) < 4.78 is 39.9. The molecule has 0 saturated carbocycles. The van der Waals surface area contributed by atoms with Crippen LogP contribution in [-0.2, 0) is 9.59 Å². The smallest absolute Gasteiger partial charge is 0.244 e. The van der Waals surface area contributed by atoms with Gasteiger partial charge in [0.25, 0.3) is 0 Å². The normalized spacial score (nSPS) is 10.7. The maximum absolute atomic E-state index is 13.7. The molecular formula is C19H19F3N2O2. The van der Waals surface area contributed by atoms with Crippen molar-refractivity contribution in [1.29, 1.82) is 0 Å². The largest absolute Gasteiger partial charge is 0.322 e. The van der Waals surface area contributed by atoms with Gasteiger partial charge in [-0.05, 0) is 29.7 Å². The number of nitrogens with one attached hydrogen (secondary N) is 1. The van der Waals surface area contributed by atoms with Gasteiger partial charge in [0.15, 0.2) is 17.5 Å². The van der Waals surface area contributed by atoms with Gasteiger partial charge in [-0.1, -0.05) is 32.0 Å². The lowest BCUT2D eigenvalue weighted by Gasteiger charge is -2.25. The van der Waals surface area contributed by atoms with Crippen molar-refractivity contribution in [3.8, 4) is 0 Å². The van der Waals surface area contributed by atoms with E-state index in [9.17, 15) is 22.8 Å². The molecule has 1 N–H and O–H groups in total. The van der Waals surface area contributed by atoms with Crippen molar-refractivity contribution in [2.24, 2.45) is 0 Å². The molecule has 138 valence electrons. The molecule has 0 aliphatic carbocycles. The van der Waals surface area contributed by atoms with Crippen LogP contribution in [0.15, 0.2) is 36.4 Å². The first kappa shape index (κ1) is 19.5. The summed E-state index contributed by atoms with van der Waals surface area (Å²) >= 11 is 0. The average Bonchev–Trinajstić information content (AvgIpc) is 2.60. The Morgan fingerprint density at radius 2 is 1.69 bits per heavy atom. The number of para-hydroxylation sites is 1. The van der Waals surface area contributed by atoms with Crippen LogP contribution in [0.2, 0.25) is 0 Å². The molecule has 0 fully saturated rings. The van der Waals surface area contributed by atoms with E-state index < -0.39 is 35.6 Å². The van der Waals surface area contributed by atoms with Crippen molar-refractivity contribution in [3.05, 3.63) is 59.4 Å². The molecule has 0 aliphatic rings. The van der Waals surface area contributed by atoms with Crippen molar-refractivity contribution in [2.75, 3.05) is 16.8 Å². The first-order chi connectivity index (χ1) is 12.2. The van der Waals surface area contributed by atoms with Crippen LogP contribution in [0.4, 0.5) is 24.5 Å². The van der Waals surface area contributed by atoms with Gasteiger partial charge in [0.2, 0.25) is 11.8 Å². The van der Waals surface area contributed by atoms with Gasteiger partial charge < -0.3 is 10.2 Å². The van der Waals surface area contributed by atoms with Gasteiger partial charge in [0, 0.05) is 12.6 Å². The molecule has 0 heterocycles. The van der Waals surface area contributed by atoms with Crippen LogP contribution < -0.4 is 10.2 Å². The summed E-state index contributed by atoms with van der Waals surface area (Å²) in [6.45, 7) is 4.82. The molecule has 0 bridgehead atoms. The lowest BCUT2D eigenvalue weighted by atomic mass is 10.0. The van der Waals surface area contributed by atoms with E-state index in [4.69, 9.17) is 0 Å². The topological polar surface area (TPSA) is 49.4 Å². The maximum Gasteiger partial charge on any atom is 0.244 e. The van der Waals surface area contributed by atoms with Gasteiger partial charge in [-0.25, -0.2) is 13.2 Å². The Hall–Kier alpha value is -2.83. The molecule has 4 nitrogen and oxygen atoms in total. The van der Waals surface area contributed by atoms with Crippen LogP contribution in [-0.4, -0.2) is 18.4 Å². The number of carbonyl (C=O) groups excluding carboxylic acids is 2. The van der Waals surface area contributed by atoms with Gasteiger partial charge in [0.1, 0.15) is 6.54 Å². The molecular weight excluding hydrogens is 345 g/mol. The lowest BCUT2D eigenvalue weighted by Crippen LogP contribution is -2.37. The third kappa shape index (κ3) is 4.22. The SMILES string of the molecule is CC(=O)N(CC(=O)Nc1ccc(F)c(F)c1F)c1ccccc1C(C)C. The highest BCUT2D eigenvalue weighted by molar-refractivity contribution is 6.02. The molecule has 0 radical (unpaired) electrons. The summed E-state index contributed by atoms with van der Waals surface area (Å²) in [7, 11) is 0. The highest BCUT2D eigenvalue weighted by atomic mass is 19.2. The zero-order chi connectivity index (χ0) is 19.4. The summed E-state index contributed by atoms with van der Waals surface area (Å²) in [5.41, 5.74) is 0.944. The second-order valence-electron chi connectivity index (χ2n) is 6.09. The number of halogens is 3. The number of nitrogens with zero attached hydrogens (tertiary/aromatic N) is 1. The Morgan fingerprint density at radius 1 is 1.04 bits per heavy atom. The van der Waals surface area contributed by atoms with E-state index in [2.05, 4.69) is 5.32 Å². The molecule has 0 atom stereocenters. The van der Waals surface area contributed by atoms with Crippen LogP contribution in [0.5, 0.6) is 0 Å². The maximum atomic E-state index is 13.7. The molecule has 0 saturated heterocycles. The van der Waals surface area contributed by atoms with Gasteiger partial charge in [-0.15, -0.1) is 0 Å². The molecule has 0 aromatic heterocycles.